The van der Waals surface area contributed by atoms with Gasteiger partial charge in [0.2, 0.25) is 10.0 Å². The molecule has 1 aromatic rings. The van der Waals surface area contributed by atoms with E-state index >= 15 is 0 Å². The van der Waals surface area contributed by atoms with Crippen molar-refractivity contribution in [1.82, 2.24) is 4.72 Å². The van der Waals surface area contributed by atoms with E-state index in [1.807, 2.05) is 6.92 Å². The average Bonchev–Trinajstić information content (AvgIpc) is 2.35. The second-order valence-corrected chi connectivity index (χ2v) is 6.86. The summed E-state index contributed by atoms with van der Waals surface area (Å²) >= 11 is 0. The summed E-state index contributed by atoms with van der Waals surface area (Å²) < 4.78 is 27.0. The van der Waals surface area contributed by atoms with Crippen molar-refractivity contribution in [3.05, 3.63) is 29.3 Å². The number of sulfonamides is 1. The molecule has 0 saturated heterocycles. The Morgan fingerprint density at radius 3 is 2.58 bits per heavy atom. The fourth-order valence-electron chi connectivity index (χ4n) is 2.27. The van der Waals surface area contributed by atoms with Gasteiger partial charge >= 0.3 is 0 Å². The van der Waals surface area contributed by atoms with Gasteiger partial charge in [0.25, 0.3) is 0 Å². The van der Waals surface area contributed by atoms with Crippen LogP contribution in [0, 0.1) is 5.92 Å². The molecule has 4 nitrogen and oxygen atoms in total. The minimum atomic E-state index is -3.45. The van der Waals surface area contributed by atoms with Crippen LogP contribution in [0.4, 0.5) is 0 Å². The van der Waals surface area contributed by atoms with Gasteiger partial charge in [-0.15, -0.1) is 0 Å². The molecule has 19 heavy (non-hydrogen) atoms. The molecular weight excluding hydrogens is 262 g/mol. The standard InChI is InChI=1S/C14H21NO3S/c1-2-12-6-7-14(8-13(12)10-16)19(17,18)15-9-11-4-3-5-11/h6-8,11,15-16H,2-5,9-10H2,1H3. The van der Waals surface area contributed by atoms with Crippen LogP contribution in [0.15, 0.2) is 23.1 Å². The summed E-state index contributed by atoms with van der Waals surface area (Å²) in [6.45, 7) is 2.37. The van der Waals surface area contributed by atoms with Crippen LogP contribution in [-0.2, 0) is 23.1 Å². The molecule has 0 atom stereocenters. The molecule has 0 amide bonds. The van der Waals surface area contributed by atoms with Gasteiger partial charge in [-0.25, -0.2) is 13.1 Å². The van der Waals surface area contributed by atoms with Crippen LogP contribution < -0.4 is 4.72 Å². The highest BCUT2D eigenvalue weighted by molar-refractivity contribution is 7.89. The molecule has 0 bridgehead atoms. The molecule has 2 rings (SSSR count). The first-order valence-corrected chi connectivity index (χ1v) is 8.27. The van der Waals surface area contributed by atoms with Gasteiger partial charge in [-0.3, -0.25) is 0 Å². The number of hydrogen-bond donors (Lipinski definition) is 2. The number of aliphatic hydroxyl groups excluding tert-OH is 1. The van der Waals surface area contributed by atoms with Crippen LogP contribution in [0.3, 0.4) is 0 Å². The van der Waals surface area contributed by atoms with Gasteiger partial charge in [-0.05, 0) is 48.4 Å². The van der Waals surface area contributed by atoms with E-state index in [-0.39, 0.29) is 11.5 Å². The van der Waals surface area contributed by atoms with Gasteiger partial charge in [-0.1, -0.05) is 19.4 Å². The molecule has 0 aromatic heterocycles. The Kier molecular flexibility index (Phi) is 4.60. The molecule has 2 N–H and O–H groups in total. The molecule has 1 aliphatic rings. The van der Waals surface area contributed by atoms with E-state index in [1.165, 1.54) is 6.42 Å². The Bertz CT molecular complexity index is 536. The number of rotatable bonds is 6. The molecule has 0 heterocycles. The zero-order chi connectivity index (χ0) is 13.9. The molecule has 106 valence electrons. The van der Waals surface area contributed by atoms with Crippen molar-refractivity contribution in [2.45, 2.75) is 44.1 Å². The van der Waals surface area contributed by atoms with Crippen molar-refractivity contribution in [3.8, 4) is 0 Å². The van der Waals surface area contributed by atoms with Gasteiger partial charge < -0.3 is 5.11 Å². The molecule has 1 aliphatic carbocycles. The van der Waals surface area contributed by atoms with Crippen LogP contribution in [0.25, 0.3) is 0 Å². The fraction of sp³-hybridized carbons (Fsp3) is 0.571. The smallest absolute Gasteiger partial charge is 0.240 e. The Morgan fingerprint density at radius 2 is 2.05 bits per heavy atom. The maximum Gasteiger partial charge on any atom is 0.240 e. The van der Waals surface area contributed by atoms with Gasteiger partial charge in [0.1, 0.15) is 0 Å². The third-order valence-corrected chi connectivity index (χ3v) is 5.25. The number of hydrogen-bond acceptors (Lipinski definition) is 3. The highest BCUT2D eigenvalue weighted by Gasteiger charge is 2.21. The minimum absolute atomic E-state index is 0.130. The predicted molar refractivity (Wildman–Crippen MR) is 74.3 cm³/mol. The zero-order valence-corrected chi connectivity index (χ0v) is 12.0. The number of benzene rings is 1. The van der Waals surface area contributed by atoms with Crippen molar-refractivity contribution in [2.75, 3.05) is 6.54 Å². The second-order valence-electron chi connectivity index (χ2n) is 5.09. The summed E-state index contributed by atoms with van der Waals surface area (Å²) in [7, 11) is -3.45. The summed E-state index contributed by atoms with van der Waals surface area (Å²) in [5.74, 6) is 0.488. The normalized spacial score (nSPS) is 16.3. The predicted octanol–water partition coefficient (Wildman–Crippen LogP) is 1.82. The lowest BCUT2D eigenvalue weighted by molar-refractivity contribution is 0.280. The van der Waals surface area contributed by atoms with Crippen molar-refractivity contribution in [2.24, 2.45) is 5.92 Å². The first-order valence-electron chi connectivity index (χ1n) is 6.79. The van der Waals surface area contributed by atoms with E-state index in [1.54, 1.807) is 18.2 Å². The number of aliphatic hydroxyl groups is 1. The molecule has 0 spiro atoms. The highest BCUT2D eigenvalue weighted by atomic mass is 32.2. The fourth-order valence-corrected chi connectivity index (χ4v) is 3.44. The van der Waals surface area contributed by atoms with Gasteiger partial charge in [0, 0.05) is 6.54 Å². The molecule has 0 aliphatic heterocycles. The Hall–Kier alpha value is -0.910. The van der Waals surface area contributed by atoms with Crippen LogP contribution in [0.1, 0.15) is 37.3 Å². The average molecular weight is 283 g/mol. The Morgan fingerprint density at radius 1 is 1.32 bits per heavy atom. The third-order valence-electron chi connectivity index (χ3n) is 3.83. The van der Waals surface area contributed by atoms with Crippen LogP contribution in [0.2, 0.25) is 0 Å². The van der Waals surface area contributed by atoms with E-state index in [4.69, 9.17) is 0 Å². The molecule has 1 saturated carbocycles. The van der Waals surface area contributed by atoms with E-state index in [0.29, 0.717) is 18.0 Å². The summed E-state index contributed by atoms with van der Waals surface area (Å²) in [4.78, 5) is 0.244. The second kappa shape index (κ2) is 6.03. The lowest BCUT2D eigenvalue weighted by Gasteiger charge is -2.25. The van der Waals surface area contributed by atoms with E-state index < -0.39 is 10.0 Å². The third kappa shape index (κ3) is 3.35. The number of nitrogens with one attached hydrogen (secondary N) is 1. The number of aryl methyl sites for hydroxylation is 1. The van der Waals surface area contributed by atoms with Crippen LogP contribution in [0.5, 0.6) is 0 Å². The lowest BCUT2D eigenvalue weighted by Crippen LogP contribution is -2.32. The summed E-state index contributed by atoms with van der Waals surface area (Å²) in [5, 5.41) is 9.29. The molecule has 0 unspecified atom stereocenters. The van der Waals surface area contributed by atoms with E-state index in [2.05, 4.69) is 4.72 Å². The monoisotopic (exact) mass is 283 g/mol. The van der Waals surface area contributed by atoms with Gasteiger partial charge in [0.05, 0.1) is 11.5 Å². The topological polar surface area (TPSA) is 66.4 Å². The summed E-state index contributed by atoms with van der Waals surface area (Å²) in [6, 6.07) is 4.96. The SMILES string of the molecule is CCc1ccc(S(=O)(=O)NCC2CCC2)cc1CO. The molecule has 1 fully saturated rings. The highest BCUT2D eigenvalue weighted by Crippen LogP contribution is 2.26. The van der Waals surface area contributed by atoms with Crippen molar-refractivity contribution >= 4 is 10.0 Å². The summed E-state index contributed by atoms with van der Waals surface area (Å²) in [5.41, 5.74) is 1.68. The van der Waals surface area contributed by atoms with Crippen molar-refractivity contribution in [1.29, 1.82) is 0 Å². The molecule has 5 heteroatoms. The van der Waals surface area contributed by atoms with Crippen molar-refractivity contribution < 1.29 is 13.5 Å². The maximum absolute atomic E-state index is 12.2. The Balaban J connectivity index is 2.14. The van der Waals surface area contributed by atoms with Crippen LogP contribution in [-0.4, -0.2) is 20.1 Å². The first kappa shape index (κ1) is 14.5. The lowest BCUT2D eigenvalue weighted by atomic mass is 9.86. The quantitative estimate of drug-likeness (QED) is 0.837. The largest absolute Gasteiger partial charge is 0.392 e. The molecular formula is C14H21NO3S. The first-order chi connectivity index (χ1) is 9.06. The Labute approximate surface area is 114 Å². The van der Waals surface area contributed by atoms with Gasteiger partial charge in [0.15, 0.2) is 0 Å². The molecule has 1 aromatic carbocycles. The maximum atomic E-state index is 12.2. The summed E-state index contributed by atoms with van der Waals surface area (Å²) in [6.07, 6.45) is 4.20. The van der Waals surface area contributed by atoms with E-state index in [0.717, 1.165) is 24.8 Å². The van der Waals surface area contributed by atoms with Crippen molar-refractivity contribution in [3.63, 3.8) is 0 Å². The van der Waals surface area contributed by atoms with E-state index in [9.17, 15) is 13.5 Å². The van der Waals surface area contributed by atoms with Gasteiger partial charge in [-0.2, -0.15) is 0 Å². The minimum Gasteiger partial charge on any atom is -0.392 e. The molecule has 0 radical (unpaired) electrons. The zero-order valence-electron chi connectivity index (χ0n) is 11.2. The van der Waals surface area contributed by atoms with Crippen LogP contribution >= 0.6 is 0 Å².